The first-order valence-electron chi connectivity index (χ1n) is 8.79. The Morgan fingerprint density at radius 3 is 2.45 bits per heavy atom. The summed E-state index contributed by atoms with van der Waals surface area (Å²) in [5.41, 5.74) is 1.78. The molecule has 0 bridgehead atoms. The molecule has 2 aromatic rings. The van der Waals surface area contributed by atoms with Gasteiger partial charge in [0.05, 0.1) is 13.7 Å². The van der Waals surface area contributed by atoms with Gasteiger partial charge in [-0.2, -0.15) is 8.78 Å². The van der Waals surface area contributed by atoms with E-state index in [4.69, 9.17) is 9.47 Å². The van der Waals surface area contributed by atoms with Gasteiger partial charge in [-0.3, -0.25) is 4.99 Å². The van der Waals surface area contributed by atoms with Crippen molar-refractivity contribution in [1.82, 2.24) is 10.6 Å². The molecule has 0 aliphatic heterocycles. The van der Waals surface area contributed by atoms with E-state index in [1.165, 1.54) is 26.4 Å². The molecule has 0 spiro atoms. The SMILES string of the molecule is CN=C(NCc1ccc(F)c(COC)c1)NCc1cc(OC)ccc1OC(F)F. The van der Waals surface area contributed by atoms with Gasteiger partial charge in [0.1, 0.15) is 17.3 Å². The van der Waals surface area contributed by atoms with Crippen LogP contribution in [0.3, 0.4) is 0 Å². The third-order valence-corrected chi connectivity index (χ3v) is 4.02. The van der Waals surface area contributed by atoms with Crippen molar-refractivity contribution in [3.05, 3.63) is 58.9 Å². The van der Waals surface area contributed by atoms with Gasteiger partial charge in [-0.15, -0.1) is 0 Å². The van der Waals surface area contributed by atoms with Crippen molar-refractivity contribution >= 4 is 5.96 Å². The molecule has 158 valence electrons. The van der Waals surface area contributed by atoms with Crippen LogP contribution in [0.1, 0.15) is 16.7 Å². The number of nitrogens with one attached hydrogen (secondary N) is 2. The molecule has 0 unspecified atom stereocenters. The summed E-state index contributed by atoms with van der Waals surface area (Å²) in [6.07, 6.45) is 0. The predicted octanol–water partition coefficient (Wildman–Crippen LogP) is 3.45. The maximum Gasteiger partial charge on any atom is 0.387 e. The lowest BCUT2D eigenvalue weighted by molar-refractivity contribution is -0.0505. The highest BCUT2D eigenvalue weighted by molar-refractivity contribution is 5.79. The number of methoxy groups -OCH3 is 2. The van der Waals surface area contributed by atoms with Gasteiger partial charge in [-0.1, -0.05) is 6.07 Å². The fourth-order valence-electron chi connectivity index (χ4n) is 2.62. The topological polar surface area (TPSA) is 64.1 Å². The third kappa shape index (κ3) is 6.86. The smallest absolute Gasteiger partial charge is 0.387 e. The Balaban J connectivity index is 2.01. The van der Waals surface area contributed by atoms with Crippen LogP contribution in [0, 0.1) is 5.82 Å². The molecule has 0 saturated carbocycles. The van der Waals surface area contributed by atoms with Crippen molar-refractivity contribution in [3.8, 4) is 11.5 Å². The second-order valence-electron chi connectivity index (χ2n) is 5.99. The van der Waals surface area contributed by atoms with Gasteiger partial charge < -0.3 is 24.8 Å². The Morgan fingerprint density at radius 1 is 1.03 bits per heavy atom. The molecule has 0 amide bonds. The Hall–Kier alpha value is -2.94. The summed E-state index contributed by atoms with van der Waals surface area (Å²) in [7, 11) is 4.57. The molecule has 0 atom stereocenters. The van der Waals surface area contributed by atoms with Gasteiger partial charge in [0.25, 0.3) is 0 Å². The standard InChI is InChI=1S/C20H24F3N3O3/c1-24-20(25-10-13-4-6-17(21)15(8-13)12-27-2)26-11-14-9-16(28-3)5-7-18(14)29-19(22)23/h4-9,19H,10-12H2,1-3H3,(H2,24,25,26). The summed E-state index contributed by atoms with van der Waals surface area (Å²) in [5.74, 6) is 0.672. The Bertz CT molecular complexity index is 832. The zero-order valence-electron chi connectivity index (χ0n) is 16.5. The molecule has 0 aromatic heterocycles. The minimum Gasteiger partial charge on any atom is -0.497 e. The van der Waals surface area contributed by atoms with E-state index in [0.717, 1.165) is 5.56 Å². The van der Waals surface area contributed by atoms with Crippen molar-refractivity contribution in [3.63, 3.8) is 0 Å². The fourth-order valence-corrected chi connectivity index (χ4v) is 2.62. The van der Waals surface area contributed by atoms with E-state index < -0.39 is 6.61 Å². The van der Waals surface area contributed by atoms with Gasteiger partial charge in [0.2, 0.25) is 0 Å². The van der Waals surface area contributed by atoms with Gasteiger partial charge in [0, 0.05) is 38.4 Å². The lowest BCUT2D eigenvalue weighted by Crippen LogP contribution is -2.36. The number of benzene rings is 2. The third-order valence-electron chi connectivity index (χ3n) is 4.02. The zero-order chi connectivity index (χ0) is 21.2. The molecule has 2 rings (SSSR count). The average molecular weight is 411 g/mol. The number of nitrogens with zero attached hydrogens (tertiary/aromatic N) is 1. The first-order chi connectivity index (χ1) is 14.0. The highest BCUT2D eigenvalue weighted by Gasteiger charge is 2.12. The van der Waals surface area contributed by atoms with Crippen molar-refractivity contribution in [2.24, 2.45) is 4.99 Å². The highest BCUT2D eigenvalue weighted by Crippen LogP contribution is 2.25. The van der Waals surface area contributed by atoms with E-state index in [2.05, 4.69) is 20.4 Å². The maximum absolute atomic E-state index is 13.7. The monoisotopic (exact) mass is 411 g/mol. The number of halogens is 3. The van der Waals surface area contributed by atoms with Crippen LogP contribution in [0.4, 0.5) is 13.2 Å². The molecule has 0 saturated heterocycles. The van der Waals surface area contributed by atoms with E-state index in [9.17, 15) is 13.2 Å². The molecule has 2 aromatic carbocycles. The first-order valence-corrected chi connectivity index (χ1v) is 8.79. The molecule has 0 aliphatic carbocycles. The van der Waals surface area contributed by atoms with Crippen LogP contribution in [-0.2, 0) is 24.4 Å². The van der Waals surface area contributed by atoms with Crippen molar-refractivity contribution in [2.45, 2.75) is 26.3 Å². The molecule has 0 aliphatic rings. The van der Waals surface area contributed by atoms with Crippen molar-refractivity contribution in [1.29, 1.82) is 0 Å². The highest BCUT2D eigenvalue weighted by atomic mass is 19.3. The minimum absolute atomic E-state index is 0.0477. The summed E-state index contributed by atoms with van der Waals surface area (Å²) in [5, 5.41) is 6.12. The van der Waals surface area contributed by atoms with Crippen LogP contribution < -0.4 is 20.1 Å². The fraction of sp³-hybridized carbons (Fsp3) is 0.350. The second kappa shape index (κ2) is 11.2. The summed E-state index contributed by atoms with van der Waals surface area (Å²) >= 11 is 0. The summed E-state index contributed by atoms with van der Waals surface area (Å²) in [6, 6.07) is 9.32. The number of hydrogen-bond acceptors (Lipinski definition) is 4. The van der Waals surface area contributed by atoms with Gasteiger partial charge in [-0.25, -0.2) is 4.39 Å². The molecule has 29 heavy (non-hydrogen) atoms. The van der Waals surface area contributed by atoms with Crippen molar-refractivity contribution < 1.29 is 27.4 Å². The molecular formula is C20H24F3N3O3. The van der Waals surface area contributed by atoms with Gasteiger partial charge in [-0.05, 0) is 35.9 Å². The number of aliphatic imine (C=N–C) groups is 1. The number of rotatable bonds is 9. The van der Waals surface area contributed by atoms with E-state index in [-0.39, 0.29) is 24.7 Å². The molecule has 0 radical (unpaired) electrons. The number of hydrogen-bond donors (Lipinski definition) is 2. The normalized spacial score (nSPS) is 11.5. The van der Waals surface area contributed by atoms with E-state index in [0.29, 0.717) is 29.4 Å². The summed E-state index contributed by atoms with van der Waals surface area (Å²) in [4.78, 5) is 4.10. The van der Waals surface area contributed by atoms with E-state index in [1.54, 1.807) is 31.3 Å². The molecule has 6 nitrogen and oxygen atoms in total. The molecule has 2 N–H and O–H groups in total. The van der Waals surface area contributed by atoms with Crippen LogP contribution in [-0.4, -0.2) is 33.8 Å². The number of ether oxygens (including phenoxy) is 3. The predicted molar refractivity (Wildman–Crippen MR) is 104 cm³/mol. The van der Waals surface area contributed by atoms with Crippen molar-refractivity contribution in [2.75, 3.05) is 21.3 Å². The maximum atomic E-state index is 13.7. The first kappa shape index (κ1) is 22.4. The van der Waals surface area contributed by atoms with Crippen LogP contribution in [0.25, 0.3) is 0 Å². The van der Waals surface area contributed by atoms with Gasteiger partial charge >= 0.3 is 6.61 Å². The summed E-state index contributed by atoms with van der Waals surface area (Å²) < 4.78 is 53.6. The number of alkyl halides is 2. The quantitative estimate of drug-likeness (QED) is 0.489. The van der Waals surface area contributed by atoms with Crippen LogP contribution in [0.2, 0.25) is 0 Å². The zero-order valence-corrected chi connectivity index (χ0v) is 16.5. The Morgan fingerprint density at radius 2 is 1.79 bits per heavy atom. The lowest BCUT2D eigenvalue weighted by Gasteiger charge is -2.16. The Labute approximate surface area is 167 Å². The van der Waals surface area contributed by atoms with Crippen LogP contribution >= 0.6 is 0 Å². The Kier molecular flexibility index (Phi) is 8.60. The van der Waals surface area contributed by atoms with E-state index >= 15 is 0 Å². The molecular weight excluding hydrogens is 387 g/mol. The minimum atomic E-state index is -2.93. The lowest BCUT2D eigenvalue weighted by atomic mass is 10.1. The molecule has 0 heterocycles. The van der Waals surface area contributed by atoms with Crippen LogP contribution in [0.15, 0.2) is 41.4 Å². The van der Waals surface area contributed by atoms with Gasteiger partial charge in [0.15, 0.2) is 5.96 Å². The summed E-state index contributed by atoms with van der Waals surface area (Å²) in [6.45, 7) is -2.19. The largest absolute Gasteiger partial charge is 0.497 e. The average Bonchev–Trinajstić information content (AvgIpc) is 2.71. The molecule has 0 fully saturated rings. The van der Waals surface area contributed by atoms with E-state index in [1.807, 2.05) is 0 Å². The number of guanidine groups is 1. The van der Waals surface area contributed by atoms with Crippen LogP contribution in [0.5, 0.6) is 11.5 Å². The molecule has 9 heteroatoms. The second-order valence-corrected chi connectivity index (χ2v) is 5.99.